The summed E-state index contributed by atoms with van der Waals surface area (Å²) in [6.07, 6.45) is 1.54. The van der Waals surface area contributed by atoms with Gasteiger partial charge in [-0.05, 0) is 25.1 Å². The van der Waals surface area contributed by atoms with Gasteiger partial charge in [0, 0.05) is 6.20 Å². The number of para-hydroxylation sites is 2. The van der Waals surface area contributed by atoms with Crippen LogP contribution in [0, 0.1) is 0 Å². The number of hydrogen-bond donors (Lipinski definition) is 0. The molecule has 0 aliphatic rings. The highest BCUT2D eigenvalue weighted by molar-refractivity contribution is 6.34. The van der Waals surface area contributed by atoms with Gasteiger partial charge in [-0.25, -0.2) is 0 Å². The summed E-state index contributed by atoms with van der Waals surface area (Å²) in [4.78, 5) is 11.8. The van der Waals surface area contributed by atoms with Crippen molar-refractivity contribution in [1.29, 1.82) is 0 Å². The molecule has 1 heterocycles. The van der Waals surface area contributed by atoms with Gasteiger partial charge in [0.1, 0.15) is 11.6 Å². The molecule has 0 aliphatic heterocycles. The molecule has 2 aromatic rings. The van der Waals surface area contributed by atoms with E-state index < -0.39 is 0 Å². The van der Waals surface area contributed by atoms with Crippen molar-refractivity contribution >= 4 is 23.2 Å². The normalized spacial score (nSPS) is 10.4. The third-order valence-electron chi connectivity index (χ3n) is 2.75. The van der Waals surface area contributed by atoms with E-state index in [0.717, 1.165) is 0 Å². The minimum atomic E-state index is -0.289. The second kappa shape index (κ2) is 7.38. The van der Waals surface area contributed by atoms with E-state index in [1.165, 1.54) is 16.8 Å². The number of hydrogen-bond acceptors (Lipinski definition) is 3. The Labute approximate surface area is 132 Å². The van der Waals surface area contributed by atoms with Crippen LogP contribution < -0.4 is 15.0 Å². The van der Waals surface area contributed by atoms with Crippen molar-refractivity contribution in [2.75, 3.05) is 13.2 Å². The Balaban J connectivity index is 2.04. The summed E-state index contributed by atoms with van der Waals surface area (Å²) in [5.41, 5.74) is -0.289. The van der Waals surface area contributed by atoms with Crippen molar-refractivity contribution in [2.24, 2.45) is 0 Å². The molecule has 0 unspecified atom stereocenters. The molecule has 6 heteroatoms. The third-order valence-corrected chi connectivity index (χ3v) is 3.23. The Morgan fingerprint density at radius 2 is 1.81 bits per heavy atom. The lowest BCUT2D eigenvalue weighted by molar-refractivity contribution is 0.265. The number of rotatable bonds is 6. The maximum atomic E-state index is 11.8. The quantitative estimate of drug-likeness (QED) is 0.813. The van der Waals surface area contributed by atoms with Crippen LogP contribution >= 0.6 is 23.2 Å². The smallest absolute Gasteiger partial charge is 0.269 e. The zero-order valence-corrected chi connectivity index (χ0v) is 13.0. The van der Waals surface area contributed by atoms with Gasteiger partial charge < -0.3 is 14.0 Å². The van der Waals surface area contributed by atoms with Crippen molar-refractivity contribution in [3.63, 3.8) is 0 Å². The monoisotopic (exact) mass is 327 g/mol. The minimum absolute atomic E-state index is 0.0946. The lowest BCUT2D eigenvalue weighted by Gasteiger charge is -2.12. The van der Waals surface area contributed by atoms with Crippen molar-refractivity contribution in [3.8, 4) is 11.5 Å². The van der Waals surface area contributed by atoms with E-state index in [1.54, 1.807) is 0 Å². The highest BCUT2D eigenvalue weighted by Gasteiger charge is 2.06. The third kappa shape index (κ3) is 4.16. The number of aromatic nitrogens is 1. The van der Waals surface area contributed by atoms with Gasteiger partial charge in [0.2, 0.25) is 0 Å². The van der Waals surface area contributed by atoms with E-state index in [-0.39, 0.29) is 10.6 Å². The average molecular weight is 328 g/mol. The Bertz CT molecular complexity index is 670. The van der Waals surface area contributed by atoms with Gasteiger partial charge in [-0.3, -0.25) is 4.79 Å². The van der Waals surface area contributed by atoms with Crippen LogP contribution in [0.2, 0.25) is 10.0 Å². The van der Waals surface area contributed by atoms with Gasteiger partial charge in [-0.2, -0.15) is 0 Å². The van der Waals surface area contributed by atoms with Gasteiger partial charge in [0.15, 0.2) is 11.5 Å². The highest BCUT2D eigenvalue weighted by Crippen LogP contribution is 2.26. The maximum absolute atomic E-state index is 11.8. The van der Waals surface area contributed by atoms with Crippen LogP contribution in [0.5, 0.6) is 11.5 Å². The first-order valence-electron chi connectivity index (χ1n) is 6.52. The van der Waals surface area contributed by atoms with Crippen LogP contribution in [0.3, 0.4) is 0 Å². The summed E-state index contributed by atoms with van der Waals surface area (Å²) in [6, 6.07) is 8.81. The van der Waals surface area contributed by atoms with Gasteiger partial charge in [0.05, 0.1) is 18.2 Å². The van der Waals surface area contributed by atoms with Gasteiger partial charge in [-0.1, -0.05) is 35.3 Å². The van der Waals surface area contributed by atoms with E-state index in [1.807, 2.05) is 31.2 Å². The molecule has 4 nitrogen and oxygen atoms in total. The minimum Gasteiger partial charge on any atom is -0.490 e. The van der Waals surface area contributed by atoms with Gasteiger partial charge in [0.25, 0.3) is 5.56 Å². The summed E-state index contributed by atoms with van der Waals surface area (Å²) in [5.74, 6) is 1.32. The van der Waals surface area contributed by atoms with Crippen molar-refractivity contribution in [1.82, 2.24) is 4.57 Å². The Morgan fingerprint density at radius 1 is 1.14 bits per heavy atom. The molecule has 0 spiro atoms. The molecule has 0 saturated carbocycles. The molecule has 21 heavy (non-hydrogen) atoms. The van der Waals surface area contributed by atoms with Crippen LogP contribution in [0.4, 0.5) is 0 Å². The number of pyridine rings is 1. The number of ether oxygens (including phenoxy) is 2. The number of halogens is 2. The SMILES string of the molecule is CCOc1ccccc1OCCn1cc(Cl)cc(Cl)c1=O. The molecular weight excluding hydrogens is 313 g/mol. The molecule has 112 valence electrons. The molecule has 2 rings (SSSR count). The maximum Gasteiger partial charge on any atom is 0.269 e. The number of benzene rings is 1. The standard InChI is InChI=1S/C15H15Cl2NO3/c1-2-20-13-5-3-4-6-14(13)21-8-7-18-10-11(16)9-12(17)15(18)19/h3-6,9-10H,2,7-8H2,1H3. The Hall–Kier alpha value is -1.65. The molecule has 0 amide bonds. The van der Waals surface area contributed by atoms with E-state index in [2.05, 4.69) is 0 Å². The molecule has 0 atom stereocenters. The molecular formula is C15H15Cl2NO3. The van der Waals surface area contributed by atoms with Gasteiger partial charge >= 0.3 is 0 Å². The van der Waals surface area contributed by atoms with Gasteiger partial charge in [-0.15, -0.1) is 0 Å². The topological polar surface area (TPSA) is 40.5 Å². The fourth-order valence-electron chi connectivity index (χ4n) is 1.83. The van der Waals surface area contributed by atoms with Crippen LogP contribution in [0.1, 0.15) is 6.92 Å². The van der Waals surface area contributed by atoms with Crippen molar-refractivity contribution < 1.29 is 9.47 Å². The fourth-order valence-corrected chi connectivity index (χ4v) is 2.34. The first-order chi connectivity index (χ1) is 10.1. The first-order valence-corrected chi connectivity index (χ1v) is 7.27. The van der Waals surface area contributed by atoms with E-state index in [9.17, 15) is 4.79 Å². The molecule has 0 fully saturated rings. The fraction of sp³-hybridized carbons (Fsp3) is 0.267. The lowest BCUT2D eigenvalue weighted by Crippen LogP contribution is -2.23. The average Bonchev–Trinajstić information content (AvgIpc) is 2.46. The summed E-state index contributed by atoms with van der Waals surface area (Å²) >= 11 is 11.7. The molecule has 0 saturated heterocycles. The van der Waals surface area contributed by atoms with Crippen LogP contribution in [-0.2, 0) is 6.54 Å². The van der Waals surface area contributed by atoms with Crippen LogP contribution in [-0.4, -0.2) is 17.8 Å². The van der Waals surface area contributed by atoms with Crippen molar-refractivity contribution in [3.05, 3.63) is 56.9 Å². The van der Waals surface area contributed by atoms with E-state index in [0.29, 0.717) is 36.3 Å². The molecule has 0 radical (unpaired) electrons. The van der Waals surface area contributed by atoms with Crippen LogP contribution in [0.15, 0.2) is 41.3 Å². The Kier molecular flexibility index (Phi) is 5.53. The predicted molar refractivity (Wildman–Crippen MR) is 83.8 cm³/mol. The predicted octanol–water partition coefficient (Wildman–Crippen LogP) is 3.63. The largest absolute Gasteiger partial charge is 0.490 e. The number of nitrogens with zero attached hydrogens (tertiary/aromatic N) is 1. The molecule has 1 aromatic heterocycles. The summed E-state index contributed by atoms with van der Waals surface area (Å²) in [5, 5.41) is 0.506. The second-order valence-corrected chi connectivity index (χ2v) is 5.08. The molecule has 1 aromatic carbocycles. The summed E-state index contributed by atoms with van der Waals surface area (Å²) < 4.78 is 12.5. The zero-order valence-electron chi connectivity index (χ0n) is 11.5. The summed E-state index contributed by atoms with van der Waals surface area (Å²) in [6.45, 7) is 3.12. The summed E-state index contributed by atoms with van der Waals surface area (Å²) in [7, 11) is 0. The van der Waals surface area contributed by atoms with E-state index in [4.69, 9.17) is 32.7 Å². The zero-order chi connectivity index (χ0) is 15.2. The molecule has 0 aliphatic carbocycles. The lowest BCUT2D eigenvalue weighted by atomic mass is 10.3. The van der Waals surface area contributed by atoms with Crippen molar-refractivity contribution in [2.45, 2.75) is 13.5 Å². The first kappa shape index (κ1) is 15.7. The van der Waals surface area contributed by atoms with Crippen LogP contribution in [0.25, 0.3) is 0 Å². The molecule has 0 bridgehead atoms. The highest BCUT2D eigenvalue weighted by atomic mass is 35.5. The second-order valence-electron chi connectivity index (χ2n) is 4.23. The van der Waals surface area contributed by atoms with E-state index >= 15 is 0 Å². The Morgan fingerprint density at radius 3 is 2.48 bits per heavy atom. The molecule has 0 N–H and O–H groups in total.